The minimum atomic E-state index is -0.551. The molecule has 0 spiro atoms. The summed E-state index contributed by atoms with van der Waals surface area (Å²) in [5.74, 6) is 0.686. The molecule has 2 aromatic heterocycles. The fraction of sp³-hybridized carbons (Fsp3) is 0.176. The van der Waals surface area contributed by atoms with E-state index in [0.717, 1.165) is 0 Å². The van der Waals surface area contributed by atoms with E-state index in [9.17, 15) is 4.79 Å². The number of nitrogens with zero attached hydrogens (tertiary/aromatic N) is 3. The third kappa shape index (κ3) is 3.57. The molecule has 0 unspecified atom stereocenters. The molecule has 122 valence electrons. The molecule has 0 amide bonds. The Bertz CT molecular complexity index is 817. The Balaban J connectivity index is 1.69. The molecule has 24 heavy (non-hydrogen) atoms. The van der Waals surface area contributed by atoms with Crippen LogP contribution in [0.1, 0.15) is 23.3 Å². The second-order valence-corrected chi connectivity index (χ2v) is 4.73. The maximum atomic E-state index is 11.8. The number of ether oxygens (including phenoxy) is 2. The fourth-order valence-electron chi connectivity index (χ4n) is 2.04. The van der Waals surface area contributed by atoms with E-state index in [4.69, 9.17) is 14.0 Å². The lowest BCUT2D eigenvalue weighted by atomic mass is 10.2. The summed E-state index contributed by atoms with van der Waals surface area (Å²) in [5.41, 5.74) is 0.935. The summed E-state index contributed by atoms with van der Waals surface area (Å²) in [6.07, 6.45) is 1.52. The molecule has 2 heterocycles. The lowest BCUT2D eigenvalue weighted by Gasteiger charge is -2.06. The monoisotopic (exact) mass is 325 g/mol. The molecule has 0 aliphatic heterocycles. The van der Waals surface area contributed by atoms with Crippen LogP contribution in [0.15, 0.2) is 53.2 Å². The number of aromatic nitrogens is 3. The minimum Gasteiger partial charge on any atom is -0.493 e. The summed E-state index contributed by atoms with van der Waals surface area (Å²) >= 11 is 0. The number of benzene rings is 1. The first-order valence-corrected chi connectivity index (χ1v) is 7.41. The second kappa shape index (κ2) is 7.36. The zero-order valence-corrected chi connectivity index (χ0v) is 13.0. The number of pyridine rings is 1. The van der Waals surface area contributed by atoms with Crippen LogP contribution in [0.5, 0.6) is 5.75 Å². The van der Waals surface area contributed by atoms with Gasteiger partial charge in [0.15, 0.2) is 6.61 Å². The van der Waals surface area contributed by atoms with Crippen LogP contribution < -0.4 is 4.74 Å². The highest BCUT2D eigenvalue weighted by Gasteiger charge is 2.15. The van der Waals surface area contributed by atoms with Crippen LogP contribution in [0, 0.1) is 0 Å². The summed E-state index contributed by atoms with van der Waals surface area (Å²) in [6, 6.07) is 12.4. The van der Waals surface area contributed by atoms with E-state index in [-0.39, 0.29) is 18.2 Å². The first-order chi connectivity index (χ1) is 11.8. The average Bonchev–Trinajstić information content (AvgIpc) is 3.10. The molecule has 0 bridgehead atoms. The van der Waals surface area contributed by atoms with Crippen molar-refractivity contribution in [2.24, 2.45) is 0 Å². The van der Waals surface area contributed by atoms with Crippen molar-refractivity contribution < 1.29 is 18.8 Å². The standard InChI is InChI=1S/C17H15N3O4/c1-2-22-14-9-4-3-7-12(14)16-19-15(24-20-16)11-23-17(21)13-8-5-6-10-18-13/h3-10H,2,11H2,1H3. The van der Waals surface area contributed by atoms with Crippen LogP contribution in [0.3, 0.4) is 0 Å². The van der Waals surface area contributed by atoms with Crippen LogP contribution in [-0.2, 0) is 11.3 Å². The number of rotatable bonds is 6. The first kappa shape index (κ1) is 15.7. The van der Waals surface area contributed by atoms with Gasteiger partial charge in [-0.25, -0.2) is 9.78 Å². The van der Waals surface area contributed by atoms with E-state index < -0.39 is 5.97 Å². The number of hydrogen-bond donors (Lipinski definition) is 0. The minimum absolute atomic E-state index is 0.126. The molecule has 0 fully saturated rings. The predicted octanol–water partition coefficient (Wildman–Crippen LogP) is 2.89. The molecular formula is C17H15N3O4. The van der Waals surface area contributed by atoms with Gasteiger partial charge in [0, 0.05) is 6.20 Å². The topological polar surface area (TPSA) is 87.3 Å². The van der Waals surface area contributed by atoms with Crippen molar-refractivity contribution >= 4 is 5.97 Å². The number of carbonyl (C=O) groups is 1. The lowest BCUT2D eigenvalue weighted by Crippen LogP contribution is -2.07. The van der Waals surface area contributed by atoms with Gasteiger partial charge < -0.3 is 14.0 Å². The maximum absolute atomic E-state index is 11.8. The SMILES string of the molecule is CCOc1ccccc1-c1noc(COC(=O)c2ccccn2)n1. The number of hydrogen-bond acceptors (Lipinski definition) is 7. The Labute approximate surface area is 138 Å². The van der Waals surface area contributed by atoms with Gasteiger partial charge in [0.2, 0.25) is 5.82 Å². The van der Waals surface area contributed by atoms with Gasteiger partial charge in [-0.3, -0.25) is 0 Å². The third-order valence-corrected chi connectivity index (χ3v) is 3.10. The highest BCUT2D eigenvalue weighted by atomic mass is 16.6. The van der Waals surface area contributed by atoms with Crippen LogP contribution in [0.25, 0.3) is 11.4 Å². The molecule has 3 aromatic rings. The van der Waals surface area contributed by atoms with Gasteiger partial charge in [-0.15, -0.1) is 0 Å². The van der Waals surface area contributed by atoms with Crippen molar-refractivity contribution in [1.82, 2.24) is 15.1 Å². The Hall–Kier alpha value is -3.22. The van der Waals surface area contributed by atoms with Crippen LogP contribution in [0.4, 0.5) is 0 Å². The van der Waals surface area contributed by atoms with Gasteiger partial charge >= 0.3 is 5.97 Å². The number of carbonyl (C=O) groups excluding carboxylic acids is 1. The summed E-state index contributed by atoms with van der Waals surface area (Å²) in [5, 5.41) is 3.91. The summed E-state index contributed by atoms with van der Waals surface area (Å²) in [6.45, 7) is 2.30. The zero-order valence-electron chi connectivity index (χ0n) is 13.0. The molecule has 0 aliphatic rings. The Morgan fingerprint density at radius 2 is 2.00 bits per heavy atom. The van der Waals surface area contributed by atoms with Crippen LogP contribution in [-0.4, -0.2) is 27.7 Å². The van der Waals surface area contributed by atoms with Crippen molar-refractivity contribution in [3.63, 3.8) is 0 Å². The Kier molecular flexibility index (Phi) is 4.81. The van der Waals surface area contributed by atoms with Crippen molar-refractivity contribution in [2.75, 3.05) is 6.61 Å². The van der Waals surface area contributed by atoms with Gasteiger partial charge in [-0.2, -0.15) is 4.98 Å². The lowest BCUT2D eigenvalue weighted by molar-refractivity contribution is 0.0423. The highest BCUT2D eigenvalue weighted by molar-refractivity contribution is 5.87. The van der Waals surface area contributed by atoms with Crippen LogP contribution in [0.2, 0.25) is 0 Å². The molecule has 7 heteroatoms. The zero-order chi connectivity index (χ0) is 16.8. The Morgan fingerprint density at radius 3 is 2.79 bits per heavy atom. The van der Waals surface area contributed by atoms with E-state index in [1.54, 1.807) is 18.2 Å². The second-order valence-electron chi connectivity index (χ2n) is 4.73. The molecule has 0 radical (unpaired) electrons. The molecule has 3 rings (SSSR count). The van der Waals surface area contributed by atoms with Gasteiger partial charge in [0.1, 0.15) is 11.4 Å². The van der Waals surface area contributed by atoms with E-state index in [1.165, 1.54) is 6.20 Å². The van der Waals surface area contributed by atoms with E-state index >= 15 is 0 Å². The van der Waals surface area contributed by atoms with Crippen molar-refractivity contribution in [1.29, 1.82) is 0 Å². The van der Waals surface area contributed by atoms with Crippen LogP contribution >= 0.6 is 0 Å². The highest BCUT2D eigenvalue weighted by Crippen LogP contribution is 2.27. The number of esters is 1. The largest absolute Gasteiger partial charge is 0.493 e. The van der Waals surface area contributed by atoms with E-state index in [1.807, 2.05) is 31.2 Å². The molecule has 0 aliphatic carbocycles. The molecule has 0 atom stereocenters. The first-order valence-electron chi connectivity index (χ1n) is 7.41. The molecule has 1 aromatic carbocycles. The smallest absolute Gasteiger partial charge is 0.357 e. The number of para-hydroxylation sites is 1. The van der Waals surface area contributed by atoms with E-state index in [2.05, 4.69) is 15.1 Å². The van der Waals surface area contributed by atoms with Crippen molar-refractivity contribution in [3.05, 3.63) is 60.2 Å². The normalized spacial score (nSPS) is 10.4. The maximum Gasteiger partial charge on any atom is 0.357 e. The molecular weight excluding hydrogens is 310 g/mol. The van der Waals surface area contributed by atoms with Gasteiger partial charge in [-0.1, -0.05) is 23.4 Å². The van der Waals surface area contributed by atoms with Crippen molar-refractivity contribution in [3.8, 4) is 17.1 Å². The predicted molar refractivity (Wildman–Crippen MR) is 84.3 cm³/mol. The molecule has 0 N–H and O–H groups in total. The summed E-state index contributed by atoms with van der Waals surface area (Å²) in [7, 11) is 0. The third-order valence-electron chi connectivity index (χ3n) is 3.10. The average molecular weight is 325 g/mol. The van der Waals surface area contributed by atoms with Gasteiger partial charge in [0.25, 0.3) is 5.89 Å². The van der Waals surface area contributed by atoms with E-state index in [0.29, 0.717) is 23.7 Å². The Morgan fingerprint density at radius 1 is 1.17 bits per heavy atom. The summed E-state index contributed by atoms with van der Waals surface area (Å²) in [4.78, 5) is 20.0. The molecule has 7 nitrogen and oxygen atoms in total. The summed E-state index contributed by atoms with van der Waals surface area (Å²) < 4.78 is 15.8. The fourth-order valence-corrected chi connectivity index (χ4v) is 2.04. The van der Waals surface area contributed by atoms with Gasteiger partial charge in [0.05, 0.1) is 12.2 Å². The van der Waals surface area contributed by atoms with Crippen molar-refractivity contribution in [2.45, 2.75) is 13.5 Å². The van der Waals surface area contributed by atoms with Gasteiger partial charge in [-0.05, 0) is 31.2 Å². The molecule has 0 saturated carbocycles. The quantitative estimate of drug-likeness (QED) is 0.644. The molecule has 0 saturated heterocycles.